The maximum atomic E-state index is 10.7. The van der Waals surface area contributed by atoms with Crippen LogP contribution < -0.4 is 5.73 Å². The summed E-state index contributed by atoms with van der Waals surface area (Å²) in [5.74, 6) is -0.294. The van der Waals surface area contributed by atoms with E-state index in [9.17, 15) is 4.79 Å². The van der Waals surface area contributed by atoms with E-state index in [0.717, 1.165) is 19.3 Å². The number of carboxylic acid groups (broad SMARTS) is 1. The van der Waals surface area contributed by atoms with Crippen molar-refractivity contribution in [2.24, 2.45) is 11.7 Å². The van der Waals surface area contributed by atoms with Crippen LogP contribution in [0.5, 0.6) is 0 Å². The molecule has 1 fully saturated rings. The minimum Gasteiger partial charge on any atom is -0.480 e. The number of hydrogen-bond donors (Lipinski definition) is 2. The highest BCUT2D eigenvalue weighted by molar-refractivity contribution is 5.78. The second-order valence-corrected chi connectivity index (χ2v) is 3.86. The Morgan fingerprint density at radius 3 is 2.83 bits per heavy atom. The molecular weight excluding hydrogens is 154 g/mol. The van der Waals surface area contributed by atoms with Crippen molar-refractivity contribution in [1.29, 1.82) is 0 Å². The van der Waals surface area contributed by atoms with Crippen molar-refractivity contribution in [3.05, 3.63) is 0 Å². The van der Waals surface area contributed by atoms with Crippen molar-refractivity contribution < 1.29 is 9.90 Å². The Labute approximate surface area is 72.9 Å². The summed E-state index contributed by atoms with van der Waals surface area (Å²) >= 11 is 0. The van der Waals surface area contributed by atoms with E-state index >= 15 is 0 Å². The van der Waals surface area contributed by atoms with Crippen molar-refractivity contribution in [2.75, 3.05) is 0 Å². The van der Waals surface area contributed by atoms with Crippen LogP contribution in [0.2, 0.25) is 0 Å². The van der Waals surface area contributed by atoms with Crippen molar-refractivity contribution in [1.82, 2.24) is 0 Å². The van der Waals surface area contributed by atoms with Gasteiger partial charge in [0.15, 0.2) is 0 Å². The lowest BCUT2D eigenvalue weighted by atomic mass is 9.95. The van der Waals surface area contributed by atoms with Crippen LogP contribution in [0.4, 0.5) is 0 Å². The van der Waals surface area contributed by atoms with E-state index in [1.54, 1.807) is 0 Å². The quantitative estimate of drug-likeness (QED) is 0.674. The Kier molecular flexibility index (Phi) is 2.73. The van der Waals surface area contributed by atoms with Gasteiger partial charge in [0.1, 0.15) is 5.54 Å². The molecule has 1 rings (SSSR count). The van der Waals surface area contributed by atoms with Crippen LogP contribution in [0.3, 0.4) is 0 Å². The highest BCUT2D eigenvalue weighted by Crippen LogP contribution is 2.35. The standard InChI is InChI=1S/C9H17NO2/c1-2-3-7-4-5-9(10,6-7)8(11)12/h7H,2-6,10H2,1H3,(H,11,12). The average Bonchev–Trinajstić information content (AvgIpc) is 2.34. The van der Waals surface area contributed by atoms with Crippen LogP contribution in [-0.4, -0.2) is 16.6 Å². The van der Waals surface area contributed by atoms with Gasteiger partial charge in [0.2, 0.25) is 0 Å². The van der Waals surface area contributed by atoms with E-state index in [4.69, 9.17) is 10.8 Å². The molecule has 0 aromatic rings. The first kappa shape index (κ1) is 9.52. The van der Waals surface area contributed by atoms with Gasteiger partial charge in [-0.3, -0.25) is 4.79 Å². The highest BCUT2D eigenvalue weighted by atomic mass is 16.4. The molecule has 1 aliphatic rings. The lowest BCUT2D eigenvalue weighted by Gasteiger charge is -2.17. The number of rotatable bonds is 3. The Morgan fingerprint density at radius 1 is 1.75 bits per heavy atom. The molecule has 0 amide bonds. The number of carbonyl (C=O) groups is 1. The average molecular weight is 171 g/mol. The van der Waals surface area contributed by atoms with Gasteiger partial charge in [0.05, 0.1) is 0 Å². The van der Waals surface area contributed by atoms with Gasteiger partial charge in [-0.2, -0.15) is 0 Å². The summed E-state index contributed by atoms with van der Waals surface area (Å²) in [6, 6.07) is 0. The smallest absolute Gasteiger partial charge is 0.323 e. The largest absolute Gasteiger partial charge is 0.480 e. The molecule has 70 valence electrons. The minimum atomic E-state index is -0.917. The maximum Gasteiger partial charge on any atom is 0.323 e. The van der Waals surface area contributed by atoms with Crippen LogP contribution in [-0.2, 0) is 4.79 Å². The molecule has 1 aliphatic carbocycles. The molecule has 2 atom stereocenters. The molecule has 3 heteroatoms. The van der Waals surface area contributed by atoms with Crippen LogP contribution in [0.25, 0.3) is 0 Å². The topological polar surface area (TPSA) is 63.3 Å². The van der Waals surface area contributed by atoms with Crippen LogP contribution in [0.15, 0.2) is 0 Å². The van der Waals surface area contributed by atoms with Crippen LogP contribution in [0, 0.1) is 5.92 Å². The zero-order valence-electron chi connectivity index (χ0n) is 7.55. The minimum absolute atomic E-state index is 0.538. The fraction of sp³-hybridized carbons (Fsp3) is 0.889. The summed E-state index contributed by atoms with van der Waals surface area (Å²) in [6.45, 7) is 2.12. The van der Waals surface area contributed by atoms with Gasteiger partial charge in [0, 0.05) is 0 Å². The van der Waals surface area contributed by atoms with Crippen molar-refractivity contribution in [3.63, 3.8) is 0 Å². The summed E-state index contributed by atoms with van der Waals surface area (Å²) in [4.78, 5) is 10.7. The molecule has 0 aromatic heterocycles. The Hall–Kier alpha value is -0.570. The molecule has 2 unspecified atom stereocenters. The Morgan fingerprint density at radius 2 is 2.42 bits per heavy atom. The van der Waals surface area contributed by atoms with Gasteiger partial charge < -0.3 is 10.8 Å². The number of aliphatic carboxylic acids is 1. The van der Waals surface area contributed by atoms with Crippen LogP contribution in [0.1, 0.15) is 39.0 Å². The van der Waals surface area contributed by atoms with Gasteiger partial charge in [-0.1, -0.05) is 19.8 Å². The lowest BCUT2D eigenvalue weighted by molar-refractivity contribution is -0.143. The number of carboxylic acids is 1. The second-order valence-electron chi connectivity index (χ2n) is 3.86. The predicted octanol–water partition coefficient (Wildman–Crippen LogP) is 1.37. The molecule has 1 saturated carbocycles. The number of hydrogen-bond acceptors (Lipinski definition) is 2. The molecule has 0 bridgehead atoms. The fourth-order valence-electron chi connectivity index (χ4n) is 2.03. The Balaban J connectivity index is 2.49. The molecule has 0 radical (unpaired) electrons. The zero-order chi connectivity index (χ0) is 9.19. The molecule has 0 saturated heterocycles. The fourth-order valence-corrected chi connectivity index (χ4v) is 2.03. The third-order valence-corrected chi connectivity index (χ3v) is 2.77. The molecular formula is C9H17NO2. The predicted molar refractivity (Wildman–Crippen MR) is 46.8 cm³/mol. The third kappa shape index (κ3) is 1.78. The first-order valence-corrected chi connectivity index (χ1v) is 4.61. The van der Waals surface area contributed by atoms with Gasteiger partial charge in [-0.25, -0.2) is 0 Å². The molecule has 3 N–H and O–H groups in total. The number of nitrogens with two attached hydrogens (primary N) is 1. The Bertz CT molecular complexity index is 181. The van der Waals surface area contributed by atoms with E-state index in [0.29, 0.717) is 18.8 Å². The first-order valence-electron chi connectivity index (χ1n) is 4.61. The molecule has 0 spiro atoms. The summed E-state index contributed by atoms with van der Waals surface area (Å²) in [7, 11) is 0. The van der Waals surface area contributed by atoms with Gasteiger partial charge >= 0.3 is 5.97 Å². The highest BCUT2D eigenvalue weighted by Gasteiger charge is 2.41. The van der Waals surface area contributed by atoms with Crippen molar-refractivity contribution in [3.8, 4) is 0 Å². The first-order chi connectivity index (χ1) is 5.58. The van der Waals surface area contributed by atoms with E-state index in [-0.39, 0.29) is 0 Å². The lowest BCUT2D eigenvalue weighted by Crippen LogP contribution is -2.45. The second kappa shape index (κ2) is 3.44. The van der Waals surface area contributed by atoms with Gasteiger partial charge in [-0.05, 0) is 25.2 Å². The monoisotopic (exact) mass is 171 g/mol. The van der Waals surface area contributed by atoms with Crippen molar-refractivity contribution in [2.45, 2.75) is 44.6 Å². The normalized spacial score (nSPS) is 35.3. The van der Waals surface area contributed by atoms with Crippen molar-refractivity contribution >= 4 is 5.97 Å². The summed E-state index contributed by atoms with van der Waals surface area (Å²) in [6.07, 6.45) is 4.53. The van der Waals surface area contributed by atoms with E-state index in [2.05, 4.69) is 6.92 Å². The maximum absolute atomic E-state index is 10.7. The zero-order valence-corrected chi connectivity index (χ0v) is 7.55. The molecule has 3 nitrogen and oxygen atoms in total. The van der Waals surface area contributed by atoms with Crippen LogP contribution >= 0.6 is 0 Å². The molecule has 12 heavy (non-hydrogen) atoms. The molecule has 0 heterocycles. The van der Waals surface area contributed by atoms with E-state index < -0.39 is 11.5 Å². The molecule has 0 aromatic carbocycles. The summed E-state index contributed by atoms with van der Waals surface area (Å²) < 4.78 is 0. The van der Waals surface area contributed by atoms with Gasteiger partial charge in [0.25, 0.3) is 0 Å². The SMILES string of the molecule is CCCC1CCC(N)(C(=O)O)C1. The van der Waals surface area contributed by atoms with E-state index in [1.807, 2.05) is 0 Å². The summed E-state index contributed by atoms with van der Waals surface area (Å²) in [5, 5.41) is 8.83. The van der Waals surface area contributed by atoms with Gasteiger partial charge in [-0.15, -0.1) is 0 Å². The van der Waals surface area contributed by atoms with E-state index in [1.165, 1.54) is 0 Å². The summed E-state index contributed by atoms with van der Waals surface area (Å²) in [5.41, 5.74) is 4.81. The third-order valence-electron chi connectivity index (χ3n) is 2.77. The molecule has 0 aliphatic heterocycles.